The Kier molecular flexibility index (Phi) is 4.93. The summed E-state index contributed by atoms with van der Waals surface area (Å²) >= 11 is 0. The summed E-state index contributed by atoms with van der Waals surface area (Å²) in [6, 6.07) is 8.95. The van der Waals surface area contributed by atoms with E-state index in [4.69, 9.17) is 9.47 Å². The van der Waals surface area contributed by atoms with Crippen LogP contribution in [-0.4, -0.2) is 45.2 Å². The predicted octanol–water partition coefficient (Wildman–Crippen LogP) is 5.13. The number of hydrogen-bond donors (Lipinski definition) is 2. The van der Waals surface area contributed by atoms with E-state index < -0.39 is 17.4 Å². The molecular weight excluding hydrogens is 425 g/mol. The van der Waals surface area contributed by atoms with Gasteiger partial charge >= 0.3 is 5.97 Å². The molecule has 0 bridgehead atoms. The minimum Gasteiger partial charge on any atom is -0.494 e. The number of aromatic nitrogens is 3. The molecule has 1 aliphatic rings. The molecule has 7 nitrogen and oxygen atoms in total. The average molecular weight is 451 g/mol. The van der Waals surface area contributed by atoms with Gasteiger partial charge in [0.2, 0.25) is 0 Å². The fourth-order valence-electron chi connectivity index (χ4n) is 5.04. The summed E-state index contributed by atoms with van der Waals surface area (Å²) in [5.41, 5.74) is 3.49. The highest BCUT2D eigenvalue weighted by Crippen LogP contribution is 2.46. The second-order valence-corrected chi connectivity index (χ2v) is 9.18. The van der Waals surface area contributed by atoms with Crippen molar-refractivity contribution in [2.24, 2.45) is 0 Å². The van der Waals surface area contributed by atoms with Crippen LogP contribution in [0.15, 0.2) is 36.5 Å². The Bertz CT molecular complexity index is 1390. The van der Waals surface area contributed by atoms with Gasteiger partial charge in [0.15, 0.2) is 17.2 Å². The van der Waals surface area contributed by atoms with Crippen LogP contribution in [0.4, 0.5) is 4.39 Å². The van der Waals surface area contributed by atoms with Crippen molar-refractivity contribution in [2.75, 3.05) is 13.7 Å². The van der Waals surface area contributed by atoms with Crippen LogP contribution in [0.3, 0.4) is 0 Å². The molecule has 4 aromatic rings. The molecule has 1 fully saturated rings. The number of rotatable bonds is 5. The first-order chi connectivity index (χ1) is 15.7. The summed E-state index contributed by atoms with van der Waals surface area (Å²) < 4.78 is 27.4. The second kappa shape index (κ2) is 7.59. The van der Waals surface area contributed by atoms with Gasteiger partial charge in [-0.3, -0.25) is 5.10 Å². The smallest absolute Gasteiger partial charge is 0.335 e. The Balaban J connectivity index is 1.83. The Morgan fingerprint density at radius 1 is 1.36 bits per heavy atom. The summed E-state index contributed by atoms with van der Waals surface area (Å²) in [7, 11) is 1.45. The highest BCUT2D eigenvalue weighted by atomic mass is 19.1. The van der Waals surface area contributed by atoms with E-state index in [0.717, 1.165) is 38.8 Å². The Morgan fingerprint density at radius 2 is 2.15 bits per heavy atom. The third-order valence-corrected chi connectivity index (χ3v) is 6.64. The standard InChI is InChI=1S/C25H26FN3O4/c1-13(2)23-22(15-10-25(3,24(30)31)33-12-15)17-9-19-14(11-27-28-19)7-20(17)29(23)16-5-6-18(26)21(8-16)32-4/h5-9,11,13,15H,10,12H2,1-4H3,(H,27,28)(H,30,31)/t15-,25+/m1/s1. The number of benzene rings is 2. The number of aromatic amines is 1. The summed E-state index contributed by atoms with van der Waals surface area (Å²) in [6.45, 7) is 6.15. The lowest BCUT2D eigenvalue weighted by atomic mass is 9.86. The zero-order valence-electron chi connectivity index (χ0n) is 19.0. The summed E-state index contributed by atoms with van der Waals surface area (Å²) in [4.78, 5) is 11.9. The number of halogens is 1. The normalized spacial score (nSPS) is 20.8. The zero-order chi connectivity index (χ0) is 23.5. The number of carbonyl (C=O) groups is 1. The summed E-state index contributed by atoms with van der Waals surface area (Å²) in [5, 5.41) is 18.9. The van der Waals surface area contributed by atoms with Gasteiger partial charge in [0.25, 0.3) is 0 Å². The molecule has 2 atom stereocenters. The van der Waals surface area contributed by atoms with E-state index in [1.54, 1.807) is 25.3 Å². The van der Waals surface area contributed by atoms with Crippen molar-refractivity contribution in [1.29, 1.82) is 0 Å². The Labute approximate surface area is 190 Å². The van der Waals surface area contributed by atoms with Gasteiger partial charge in [-0.1, -0.05) is 13.8 Å². The predicted molar refractivity (Wildman–Crippen MR) is 123 cm³/mol. The van der Waals surface area contributed by atoms with E-state index >= 15 is 0 Å². The van der Waals surface area contributed by atoms with E-state index in [1.807, 2.05) is 0 Å². The van der Waals surface area contributed by atoms with Gasteiger partial charge in [0.05, 0.1) is 30.9 Å². The molecule has 3 heterocycles. The molecule has 172 valence electrons. The van der Waals surface area contributed by atoms with Gasteiger partial charge in [0, 0.05) is 34.1 Å². The van der Waals surface area contributed by atoms with Crippen molar-refractivity contribution in [2.45, 2.75) is 44.6 Å². The minimum absolute atomic E-state index is 0.102. The monoisotopic (exact) mass is 451 g/mol. The Hall–Kier alpha value is -3.39. The molecule has 1 saturated heterocycles. The van der Waals surface area contributed by atoms with Gasteiger partial charge in [0.1, 0.15) is 0 Å². The number of carboxylic acid groups (broad SMARTS) is 1. The number of ether oxygens (including phenoxy) is 2. The number of nitrogens with one attached hydrogen (secondary N) is 1. The molecule has 0 saturated carbocycles. The van der Waals surface area contributed by atoms with Crippen LogP contribution in [0, 0.1) is 5.82 Å². The van der Waals surface area contributed by atoms with E-state index in [9.17, 15) is 14.3 Å². The maximum absolute atomic E-state index is 14.2. The number of methoxy groups -OCH3 is 1. The second-order valence-electron chi connectivity index (χ2n) is 9.18. The van der Waals surface area contributed by atoms with Gasteiger partial charge in [-0.25, -0.2) is 9.18 Å². The Morgan fingerprint density at radius 3 is 2.82 bits per heavy atom. The van der Waals surface area contributed by atoms with Gasteiger partial charge in [-0.15, -0.1) is 0 Å². The first-order valence-electron chi connectivity index (χ1n) is 11.0. The molecule has 0 aliphatic carbocycles. The van der Waals surface area contributed by atoms with E-state index in [-0.39, 0.29) is 17.6 Å². The molecule has 2 aromatic heterocycles. The van der Waals surface area contributed by atoms with E-state index in [1.165, 1.54) is 13.2 Å². The lowest BCUT2D eigenvalue weighted by Gasteiger charge is -2.19. The summed E-state index contributed by atoms with van der Waals surface area (Å²) in [5.74, 6) is -1.22. The van der Waals surface area contributed by atoms with Gasteiger partial charge in [-0.05, 0) is 49.1 Å². The minimum atomic E-state index is -1.23. The van der Waals surface area contributed by atoms with Crippen LogP contribution >= 0.6 is 0 Å². The zero-order valence-corrected chi connectivity index (χ0v) is 19.0. The highest BCUT2D eigenvalue weighted by molar-refractivity contribution is 5.99. The average Bonchev–Trinajstić information content (AvgIpc) is 3.48. The highest BCUT2D eigenvalue weighted by Gasteiger charge is 2.45. The van der Waals surface area contributed by atoms with Crippen LogP contribution < -0.4 is 4.74 Å². The van der Waals surface area contributed by atoms with Crippen molar-refractivity contribution in [3.63, 3.8) is 0 Å². The van der Waals surface area contributed by atoms with Crippen LogP contribution in [0.25, 0.3) is 27.5 Å². The van der Waals surface area contributed by atoms with Crippen molar-refractivity contribution in [1.82, 2.24) is 14.8 Å². The van der Waals surface area contributed by atoms with Crippen LogP contribution in [-0.2, 0) is 9.53 Å². The SMILES string of the molecule is COc1cc(-n2c(C(C)C)c([C@H]3CO[C@](C)(C(=O)O)C3)c3cc4[nH]ncc4cc32)ccc1F. The molecule has 33 heavy (non-hydrogen) atoms. The molecule has 0 radical (unpaired) electrons. The maximum atomic E-state index is 14.2. The maximum Gasteiger partial charge on any atom is 0.335 e. The van der Waals surface area contributed by atoms with Crippen molar-refractivity contribution in [3.05, 3.63) is 53.6 Å². The number of fused-ring (bicyclic) bond motifs is 2. The van der Waals surface area contributed by atoms with Crippen LogP contribution in [0.5, 0.6) is 5.75 Å². The number of H-pyrrole nitrogens is 1. The fourth-order valence-corrected chi connectivity index (χ4v) is 5.04. The molecule has 1 aliphatic heterocycles. The quantitative estimate of drug-likeness (QED) is 0.439. The molecule has 0 unspecified atom stereocenters. The van der Waals surface area contributed by atoms with Crippen LogP contribution in [0.1, 0.15) is 50.3 Å². The van der Waals surface area contributed by atoms with Crippen LogP contribution in [0.2, 0.25) is 0 Å². The lowest BCUT2D eigenvalue weighted by molar-refractivity contribution is -0.157. The first-order valence-corrected chi connectivity index (χ1v) is 11.0. The first kappa shape index (κ1) is 21.5. The molecule has 5 rings (SSSR count). The number of carboxylic acids is 1. The molecular formula is C25H26FN3O4. The number of hydrogen-bond acceptors (Lipinski definition) is 4. The summed E-state index contributed by atoms with van der Waals surface area (Å²) in [6.07, 6.45) is 2.14. The number of aliphatic carboxylic acids is 1. The van der Waals surface area contributed by atoms with E-state index in [0.29, 0.717) is 13.0 Å². The van der Waals surface area contributed by atoms with Gasteiger partial charge in [-0.2, -0.15) is 5.10 Å². The van der Waals surface area contributed by atoms with Gasteiger partial charge < -0.3 is 19.1 Å². The fraction of sp³-hybridized carbons (Fsp3) is 0.360. The molecule has 0 spiro atoms. The lowest BCUT2D eigenvalue weighted by Crippen LogP contribution is -2.34. The molecule has 2 aromatic carbocycles. The molecule has 8 heteroatoms. The van der Waals surface area contributed by atoms with Crippen molar-refractivity contribution in [3.8, 4) is 11.4 Å². The third-order valence-electron chi connectivity index (χ3n) is 6.64. The number of nitrogens with zero attached hydrogens (tertiary/aromatic N) is 2. The molecule has 0 amide bonds. The largest absolute Gasteiger partial charge is 0.494 e. The third kappa shape index (κ3) is 3.28. The molecule has 2 N–H and O–H groups in total. The van der Waals surface area contributed by atoms with Crippen molar-refractivity contribution < 1.29 is 23.8 Å². The van der Waals surface area contributed by atoms with Crippen molar-refractivity contribution >= 4 is 27.8 Å². The topological polar surface area (TPSA) is 89.4 Å². The van der Waals surface area contributed by atoms with E-state index in [2.05, 4.69) is 40.7 Å².